The molecule has 0 radical (unpaired) electrons. The van der Waals surface area contributed by atoms with E-state index in [0.29, 0.717) is 21.7 Å². The molecule has 162 valence electrons. The van der Waals surface area contributed by atoms with Gasteiger partial charge in [0.05, 0.1) is 16.5 Å². The number of pyridine rings is 1. The van der Waals surface area contributed by atoms with Crippen LogP contribution in [0.4, 0.5) is 5.69 Å². The zero-order valence-corrected chi connectivity index (χ0v) is 20.5. The molecule has 0 unspecified atom stereocenters. The number of aromatic nitrogens is 4. The van der Waals surface area contributed by atoms with Gasteiger partial charge in [0.2, 0.25) is 5.91 Å². The van der Waals surface area contributed by atoms with E-state index in [0.717, 1.165) is 26.9 Å². The smallest absolute Gasteiger partial charge is 0.234 e. The zero-order valence-electron chi connectivity index (χ0n) is 17.3. The SMILES string of the molecule is Cc1cc(C)c(NC(=O)CSc2nnc(-c3ccncc3)n2-c2ccc(Br)cc2)c(Cl)c1. The van der Waals surface area contributed by atoms with Crippen molar-refractivity contribution < 1.29 is 4.79 Å². The Bertz CT molecular complexity index is 1240. The van der Waals surface area contributed by atoms with E-state index in [1.165, 1.54) is 11.8 Å². The molecule has 1 amide bonds. The molecule has 32 heavy (non-hydrogen) atoms. The van der Waals surface area contributed by atoms with Crippen molar-refractivity contribution in [2.75, 3.05) is 11.1 Å². The van der Waals surface area contributed by atoms with Gasteiger partial charge in [0.25, 0.3) is 0 Å². The lowest BCUT2D eigenvalue weighted by Gasteiger charge is -2.12. The average molecular weight is 529 g/mol. The summed E-state index contributed by atoms with van der Waals surface area (Å²) in [6.45, 7) is 3.89. The molecule has 0 aliphatic rings. The Hall–Kier alpha value is -2.68. The minimum atomic E-state index is -0.167. The Balaban J connectivity index is 1.59. The van der Waals surface area contributed by atoms with Gasteiger partial charge in [-0.1, -0.05) is 45.4 Å². The number of nitrogens with one attached hydrogen (secondary N) is 1. The number of carbonyl (C=O) groups is 1. The van der Waals surface area contributed by atoms with Gasteiger partial charge in [-0.15, -0.1) is 10.2 Å². The largest absolute Gasteiger partial charge is 0.324 e. The molecule has 9 heteroatoms. The summed E-state index contributed by atoms with van der Waals surface area (Å²) >= 11 is 11.1. The first-order valence-electron chi connectivity index (χ1n) is 9.73. The second-order valence-electron chi connectivity index (χ2n) is 7.13. The number of amides is 1. The summed E-state index contributed by atoms with van der Waals surface area (Å²) in [6, 6.07) is 15.4. The van der Waals surface area contributed by atoms with Crippen molar-refractivity contribution in [1.82, 2.24) is 19.7 Å². The topological polar surface area (TPSA) is 72.7 Å². The molecule has 4 aromatic rings. The molecular weight excluding hydrogens is 510 g/mol. The number of hydrogen-bond acceptors (Lipinski definition) is 5. The lowest BCUT2D eigenvalue weighted by molar-refractivity contribution is -0.113. The predicted molar refractivity (Wildman–Crippen MR) is 133 cm³/mol. The van der Waals surface area contributed by atoms with Crippen molar-refractivity contribution in [2.45, 2.75) is 19.0 Å². The summed E-state index contributed by atoms with van der Waals surface area (Å²) in [6.07, 6.45) is 3.42. The number of rotatable bonds is 6. The van der Waals surface area contributed by atoms with Crippen LogP contribution in [0.1, 0.15) is 11.1 Å². The summed E-state index contributed by atoms with van der Waals surface area (Å²) in [7, 11) is 0. The fourth-order valence-corrected chi connectivity index (χ4v) is 4.64. The van der Waals surface area contributed by atoms with Crippen LogP contribution >= 0.6 is 39.3 Å². The standard InChI is InChI=1S/C23H19BrClN5OS/c1-14-11-15(2)21(19(25)12-14)27-20(31)13-32-23-29-28-22(16-7-9-26-10-8-16)30(23)18-5-3-17(24)4-6-18/h3-12H,13H2,1-2H3,(H,27,31). The van der Waals surface area contributed by atoms with Crippen LogP contribution in [0, 0.1) is 13.8 Å². The Kier molecular flexibility index (Phi) is 6.93. The second-order valence-corrected chi connectivity index (χ2v) is 9.39. The van der Waals surface area contributed by atoms with Crippen molar-refractivity contribution in [2.24, 2.45) is 0 Å². The highest BCUT2D eigenvalue weighted by atomic mass is 79.9. The second kappa shape index (κ2) is 9.85. The normalized spacial score (nSPS) is 10.9. The van der Waals surface area contributed by atoms with Crippen molar-refractivity contribution in [3.63, 3.8) is 0 Å². The van der Waals surface area contributed by atoms with Gasteiger partial charge in [0.15, 0.2) is 11.0 Å². The first-order chi connectivity index (χ1) is 15.4. The van der Waals surface area contributed by atoms with Crippen LogP contribution in [0.15, 0.2) is 70.6 Å². The van der Waals surface area contributed by atoms with E-state index >= 15 is 0 Å². The van der Waals surface area contributed by atoms with Crippen molar-refractivity contribution in [3.05, 3.63) is 81.5 Å². The molecule has 6 nitrogen and oxygen atoms in total. The van der Waals surface area contributed by atoms with Crippen molar-refractivity contribution >= 4 is 50.9 Å². The summed E-state index contributed by atoms with van der Waals surface area (Å²) in [4.78, 5) is 16.8. The van der Waals surface area contributed by atoms with Crippen LogP contribution in [0.5, 0.6) is 0 Å². The minimum absolute atomic E-state index is 0.161. The third kappa shape index (κ3) is 5.03. The first-order valence-corrected chi connectivity index (χ1v) is 11.9. The highest BCUT2D eigenvalue weighted by Gasteiger charge is 2.18. The molecule has 0 aliphatic carbocycles. The molecule has 0 saturated carbocycles. The van der Waals surface area contributed by atoms with E-state index < -0.39 is 0 Å². The molecule has 1 N–H and O–H groups in total. The fraction of sp³-hybridized carbons (Fsp3) is 0.130. The Labute approximate surface area is 203 Å². The maximum absolute atomic E-state index is 12.7. The molecule has 0 bridgehead atoms. The van der Waals surface area contributed by atoms with Gasteiger partial charge in [0.1, 0.15) is 0 Å². The van der Waals surface area contributed by atoms with Crippen molar-refractivity contribution in [3.8, 4) is 17.1 Å². The Morgan fingerprint density at radius 2 is 1.81 bits per heavy atom. The van der Waals surface area contributed by atoms with E-state index in [2.05, 4.69) is 36.4 Å². The van der Waals surface area contributed by atoms with Crippen LogP contribution in [-0.2, 0) is 4.79 Å². The van der Waals surface area contributed by atoms with Crippen LogP contribution in [0.2, 0.25) is 5.02 Å². The van der Waals surface area contributed by atoms with Gasteiger partial charge in [0, 0.05) is 28.1 Å². The molecule has 0 spiro atoms. The lowest BCUT2D eigenvalue weighted by atomic mass is 10.1. The van der Waals surface area contributed by atoms with Gasteiger partial charge >= 0.3 is 0 Å². The number of aryl methyl sites for hydroxylation is 2. The quantitative estimate of drug-likeness (QED) is 0.307. The maximum Gasteiger partial charge on any atom is 0.234 e. The van der Waals surface area contributed by atoms with Crippen LogP contribution < -0.4 is 5.32 Å². The molecule has 0 aliphatic heterocycles. The lowest BCUT2D eigenvalue weighted by Crippen LogP contribution is -2.16. The molecule has 0 saturated heterocycles. The van der Waals surface area contributed by atoms with E-state index in [9.17, 15) is 4.79 Å². The number of benzene rings is 2. The number of thioether (sulfide) groups is 1. The van der Waals surface area contributed by atoms with E-state index in [-0.39, 0.29) is 11.7 Å². The van der Waals surface area contributed by atoms with Crippen LogP contribution in [0.3, 0.4) is 0 Å². The summed E-state index contributed by atoms with van der Waals surface area (Å²) in [5, 5.41) is 12.8. The number of carbonyl (C=O) groups excluding carboxylic acids is 1. The minimum Gasteiger partial charge on any atom is -0.324 e. The summed E-state index contributed by atoms with van der Waals surface area (Å²) in [5.74, 6) is 0.670. The van der Waals surface area contributed by atoms with Gasteiger partial charge < -0.3 is 5.32 Å². The Morgan fingerprint density at radius 3 is 2.50 bits per heavy atom. The van der Waals surface area contributed by atoms with Gasteiger partial charge in [-0.25, -0.2) is 0 Å². The van der Waals surface area contributed by atoms with Crippen LogP contribution in [0.25, 0.3) is 17.1 Å². The van der Waals surface area contributed by atoms with Crippen molar-refractivity contribution in [1.29, 1.82) is 0 Å². The highest BCUT2D eigenvalue weighted by Crippen LogP contribution is 2.30. The molecule has 2 aromatic carbocycles. The Morgan fingerprint density at radius 1 is 1.09 bits per heavy atom. The number of nitrogens with zero attached hydrogens (tertiary/aromatic N) is 4. The van der Waals surface area contributed by atoms with Gasteiger partial charge in [-0.3, -0.25) is 14.3 Å². The predicted octanol–water partition coefficient (Wildman–Crippen LogP) is 6.09. The van der Waals surface area contributed by atoms with Gasteiger partial charge in [-0.05, 0) is 67.4 Å². The monoisotopic (exact) mass is 527 g/mol. The maximum atomic E-state index is 12.7. The molecule has 2 aromatic heterocycles. The molecule has 0 atom stereocenters. The number of halogens is 2. The van der Waals surface area contributed by atoms with Crippen LogP contribution in [-0.4, -0.2) is 31.4 Å². The summed E-state index contributed by atoms with van der Waals surface area (Å²) in [5.41, 5.74) is 4.38. The molecule has 2 heterocycles. The van der Waals surface area contributed by atoms with E-state index in [4.69, 9.17) is 11.6 Å². The van der Waals surface area contributed by atoms with E-state index in [1.807, 2.05) is 66.9 Å². The third-order valence-corrected chi connectivity index (χ3v) is 6.44. The third-order valence-electron chi connectivity index (χ3n) is 4.69. The number of hydrogen-bond donors (Lipinski definition) is 1. The zero-order chi connectivity index (χ0) is 22.7. The molecular formula is C23H19BrClN5OS. The van der Waals surface area contributed by atoms with Gasteiger partial charge in [-0.2, -0.15) is 0 Å². The number of anilines is 1. The van der Waals surface area contributed by atoms with E-state index in [1.54, 1.807) is 12.4 Å². The molecule has 4 rings (SSSR count). The average Bonchev–Trinajstić information content (AvgIpc) is 3.20. The highest BCUT2D eigenvalue weighted by molar-refractivity contribution is 9.10. The first kappa shape index (κ1) is 22.5. The summed E-state index contributed by atoms with van der Waals surface area (Å²) < 4.78 is 2.91. The molecule has 0 fully saturated rings. The fourth-order valence-electron chi connectivity index (χ4n) is 3.25.